The minimum atomic E-state index is -0.194. The van der Waals surface area contributed by atoms with Gasteiger partial charge in [0.25, 0.3) is 0 Å². The second kappa shape index (κ2) is 6.89. The van der Waals surface area contributed by atoms with E-state index in [0.29, 0.717) is 6.42 Å². The van der Waals surface area contributed by atoms with Gasteiger partial charge in [0.2, 0.25) is 5.91 Å². The highest BCUT2D eigenvalue weighted by atomic mass is 16.1. The SMILES string of the molecule is CC(C)CCN1CC[C@H](CC(N)=O)c2ccccc2C1. The van der Waals surface area contributed by atoms with Gasteiger partial charge in [-0.2, -0.15) is 0 Å². The Hall–Kier alpha value is -1.35. The predicted octanol–water partition coefficient (Wildman–Crippen LogP) is 2.90. The Kier molecular flexibility index (Phi) is 5.18. The Morgan fingerprint density at radius 1 is 1.40 bits per heavy atom. The van der Waals surface area contributed by atoms with E-state index in [1.807, 2.05) is 0 Å². The van der Waals surface area contributed by atoms with Gasteiger partial charge in [-0.1, -0.05) is 38.1 Å². The molecule has 0 aromatic heterocycles. The molecule has 0 fully saturated rings. The summed E-state index contributed by atoms with van der Waals surface area (Å²) in [6.07, 6.45) is 2.72. The smallest absolute Gasteiger partial charge is 0.218 e. The topological polar surface area (TPSA) is 46.3 Å². The summed E-state index contributed by atoms with van der Waals surface area (Å²) in [6.45, 7) is 7.72. The zero-order valence-electron chi connectivity index (χ0n) is 12.6. The molecule has 2 N–H and O–H groups in total. The molecule has 1 aromatic rings. The number of benzene rings is 1. The van der Waals surface area contributed by atoms with Crippen LogP contribution in [0.2, 0.25) is 0 Å². The van der Waals surface area contributed by atoms with Crippen molar-refractivity contribution in [1.82, 2.24) is 4.90 Å². The summed E-state index contributed by atoms with van der Waals surface area (Å²) >= 11 is 0. The first-order valence-electron chi connectivity index (χ1n) is 7.64. The largest absolute Gasteiger partial charge is 0.370 e. The fraction of sp³-hybridized carbons (Fsp3) is 0.588. The van der Waals surface area contributed by atoms with E-state index in [-0.39, 0.29) is 11.8 Å². The van der Waals surface area contributed by atoms with Gasteiger partial charge in [-0.15, -0.1) is 0 Å². The van der Waals surface area contributed by atoms with Crippen LogP contribution < -0.4 is 5.73 Å². The van der Waals surface area contributed by atoms with Gasteiger partial charge < -0.3 is 5.73 Å². The third kappa shape index (κ3) is 4.07. The number of nitrogens with zero attached hydrogens (tertiary/aromatic N) is 1. The lowest BCUT2D eigenvalue weighted by Gasteiger charge is -2.21. The maximum Gasteiger partial charge on any atom is 0.218 e. The van der Waals surface area contributed by atoms with E-state index < -0.39 is 0 Å². The molecule has 1 aromatic carbocycles. The molecule has 0 saturated carbocycles. The molecule has 110 valence electrons. The summed E-state index contributed by atoms with van der Waals surface area (Å²) in [4.78, 5) is 13.8. The first-order chi connectivity index (χ1) is 9.56. The Morgan fingerprint density at radius 2 is 2.15 bits per heavy atom. The van der Waals surface area contributed by atoms with Gasteiger partial charge in [-0.05, 0) is 48.9 Å². The highest BCUT2D eigenvalue weighted by molar-refractivity contribution is 5.74. The van der Waals surface area contributed by atoms with Crippen LogP contribution in [0.25, 0.3) is 0 Å². The van der Waals surface area contributed by atoms with Gasteiger partial charge in [0.05, 0.1) is 0 Å². The van der Waals surface area contributed by atoms with Gasteiger partial charge in [0, 0.05) is 13.0 Å². The molecule has 0 radical (unpaired) electrons. The van der Waals surface area contributed by atoms with Crippen molar-refractivity contribution in [2.24, 2.45) is 11.7 Å². The van der Waals surface area contributed by atoms with E-state index in [1.165, 1.54) is 17.5 Å². The van der Waals surface area contributed by atoms with Gasteiger partial charge in [0.1, 0.15) is 0 Å². The lowest BCUT2D eigenvalue weighted by atomic mass is 9.90. The van der Waals surface area contributed by atoms with Crippen LogP contribution in [0.1, 0.15) is 50.2 Å². The molecule has 3 nitrogen and oxygen atoms in total. The Morgan fingerprint density at radius 3 is 2.85 bits per heavy atom. The van der Waals surface area contributed by atoms with Crippen molar-refractivity contribution >= 4 is 5.91 Å². The van der Waals surface area contributed by atoms with Gasteiger partial charge >= 0.3 is 0 Å². The van der Waals surface area contributed by atoms with Crippen molar-refractivity contribution in [2.45, 2.75) is 45.6 Å². The summed E-state index contributed by atoms with van der Waals surface area (Å²) in [5.74, 6) is 0.822. The summed E-state index contributed by atoms with van der Waals surface area (Å²) < 4.78 is 0. The van der Waals surface area contributed by atoms with Gasteiger partial charge in [-0.25, -0.2) is 0 Å². The van der Waals surface area contributed by atoms with E-state index in [4.69, 9.17) is 5.73 Å². The summed E-state index contributed by atoms with van der Waals surface area (Å²) in [5.41, 5.74) is 8.09. The fourth-order valence-electron chi connectivity index (χ4n) is 2.98. The maximum absolute atomic E-state index is 11.3. The van der Waals surface area contributed by atoms with Crippen molar-refractivity contribution in [3.8, 4) is 0 Å². The maximum atomic E-state index is 11.3. The second-order valence-electron chi connectivity index (χ2n) is 6.31. The molecule has 1 atom stereocenters. The first-order valence-corrected chi connectivity index (χ1v) is 7.64. The minimum absolute atomic E-state index is 0.194. The molecule has 20 heavy (non-hydrogen) atoms. The minimum Gasteiger partial charge on any atom is -0.370 e. The van der Waals surface area contributed by atoms with E-state index in [0.717, 1.165) is 32.0 Å². The molecule has 0 aliphatic carbocycles. The average molecular weight is 274 g/mol. The summed E-state index contributed by atoms with van der Waals surface area (Å²) in [6, 6.07) is 8.51. The number of hydrogen-bond acceptors (Lipinski definition) is 2. The summed E-state index contributed by atoms with van der Waals surface area (Å²) in [7, 11) is 0. The highest BCUT2D eigenvalue weighted by Crippen LogP contribution is 2.31. The number of carbonyl (C=O) groups excluding carboxylic acids is 1. The van der Waals surface area contributed by atoms with E-state index in [2.05, 4.69) is 43.0 Å². The van der Waals surface area contributed by atoms with Crippen molar-refractivity contribution in [3.05, 3.63) is 35.4 Å². The average Bonchev–Trinajstić information content (AvgIpc) is 2.56. The number of fused-ring (bicyclic) bond motifs is 1. The molecule has 1 amide bonds. The zero-order chi connectivity index (χ0) is 14.5. The molecule has 0 spiro atoms. The number of primary amides is 1. The van der Waals surface area contributed by atoms with Crippen LogP contribution in [0.4, 0.5) is 0 Å². The van der Waals surface area contributed by atoms with E-state index in [9.17, 15) is 4.79 Å². The number of amides is 1. The third-order valence-electron chi connectivity index (χ3n) is 4.15. The van der Waals surface area contributed by atoms with Crippen LogP contribution in [0.15, 0.2) is 24.3 Å². The third-order valence-corrected chi connectivity index (χ3v) is 4.15. The molecule has 1 heterocycles. The molecule has 0 unspecified atom stereocenters. The fourth-order valence-corrected chi connectivity index (χ4v) is 2.98. The quantitative estimate of drug-likeness (QED) is 0.897. The van der Waals surface area contributed by atoms with Crippen LogP contribution in [0.5, 0.6) is 0 Å². The molecular formula is C17H26N2O. The van der Waals surface area contributed by atoms with Crippen molar-refractivity contribution in [3.63, 3.8) is 0 Å². The molecule has 3 heteroatoms. The second-order valence-corrected chi connectivity index (χ2v) is 6.31. The zero-order valence-corrected chi connectivity index (χ0v) is 12.6. The molecule has 0 bridgehead atoms. The molecular weight excluding hydrogens is 248 g/mol. The number of nitrogens with two attached hydrogens (primary N) is 1. The molecule has 1 aliphatic rings. The number of hydrogen-bond donors (Lipinski definition) is 1. The van der Waals surface area contributed by atoms with Gasteiger partial charge in [-0.3, -0.25) is 9.69 Å². The predicted molar refractivity (Wildman–Crippen MR) is 82.3 cm³/mol. The van der Waals surface area contributed by atoms with Crippen molar-refractivity contribution < 1.29 is 4.79 Å². The summed E-state index contributed by atoms with van der Waals surface area (Å²) in [5, 5.41) is 0. The Bertz CT molecular complexity index is 456. The lowest BCUT2D eigenvalue weighted by molar-refractivity contribution is -0.118. The number of rotatable bonds is 5. The van der Waals surface area contributed by atoms with Crippen LogP contribution in [-0.4, -0.2) is 23.9 Å². The Balaban J connectivity index is 2.13. The van der Waals surface area contributed by atoms with Gasteiger partial charge in [0.15, 0.2) is 0 Å². The lowest BCUT2D eigenvalue weighted by Crippen LogP contribution is -2.25. The van der Waals surface area contributed by atoms with E-state index in [1.54, 1.807) is 0 Å². The Labute approximate surface area is 122 Å². The standard InChI is InChI=1S/C17H26N2O/c1-13(2)7-9-19-10-8-14(11-17(18)20)16-6-4-3-5-15(16)12-19/h3-6,13-14H,7-12H2,1-2H3,(H2,18,20)/t14-/m1/s1. The van der Waals surface area contributed by atoms with Crippen LogP contribution >= 0.6 is 0 Å². The van der Waals surface area contributed by atoms with E-state index >= 15 is 0 Å². The van der Waals surface area contributed by atoms with Crippen LogP contribution in [0, 0.1) is 5.92 Å². The number of carbonyl (C=O) groups is 1. The van der Waals surface area contributed by atoms with Crippen molar-refractivity contribution in [1.29, 1.82) is 0 Å². The van der Waals surface area contributed by atoms with Crippen molar-refractivity contribution in [2.75, 3.05) is 13.1 Å². The molecule has 0 saturated heterocycles. The monoisotopic (exact) mass is 274 g/mol. The highest BCUT2D eigenvalue weighted by Gasteiger charge is 2.23. The first kappa shape index (κ1) is 15.0. The van der Waals surface area contributed by atoms with Crippen LogP contribution in [-0.2, 0) is 11.3 Å². The normalized spacial score (nSPS) is 19.6. The van der Waals surface area contributed by atoms with Crippen LogP contribution in [0.3, 0.4) is 0 Å². The molecule has 2 rings (SSSR count). The molecule has 1 aliphatic heterocycles.